The van der Waals surface area contributed by atoms with Crippen molar-refractivity contribution in [2.75, 3.05) is 0 Å². The highest BCUT2D eigenvalue weighted by Crippen LogP contribution is 2.25. The van der Waals surface area contributed by atoms with Gasteiger partial charge in [0.15, 0.2) is 0 Å². The number of rotatable bonds is 7. The highest BCUT2D eigenvalue weighted by Gasteiger charge is 2.18. The molecular weight excluding hydrogens is 280 g/mol. The summed E-state index contributed by atoms with van der Waals surface area (Å²) < 4.78 is 30.7. The number of hydrazine groups is 1. The molecule has 0 aliphatic carbocycles. The van der Waals surface area contributed by atoms with Crippen molar-refractivity contribution in [3.05, 3.63) is 41.7 Å². The van der Waals surface area contributed by atoms with Gasteiger partial charge in [-0.15, -0.1) is 5.10 Å². The molecule has 1 heterocycles. The summed E-state index contributed by atoms with van der Waals surface area (Å²) in [7, 11) is 0. The standard InChI is InChI=1S/C13H17F2N5O/c1-2-6-20-11(8-17-19-20)12(18-16)9-4-3-5-10(7-9)21-13(14)15/h3-5,7-8,12-13,18H,2,6,16H2,1H3. The van der Waals surface area contributed by atoms with E-state index in [-0.39, 0.29) is 5.75 Å². The van der Waals surface area contributed by atoms with Crippen molar-refractivity contribution in [3.8, 4) is 5.75 Å². The van der Waals surface area contributed by atoms with Crippen molar-refractivity contribution in [1.82, 2.24) is 20.4 Å². The van der Waals surface area contributed by atoms with Crippen LogP contribution in [0.2, 0.25) is 0 Å². The summed E-state index contributed by atoms with van der Waals surface area (Å²) >= 11 is 0. The van der Waals surface area contributed by atoms with Crippen molar-refractivity contribution in [3.63, 3.8) is 0 Å². The second-order valence-corrected chi connectivity index (χ2v) is 4.43. The number of hydrogen-bond acceptors (Lipinski definition) is 5. The third kappa shape index (κ3) is 3.73. The van der Waals surface area contributed by atoms with Crippen molar-refractivity contribution in [1.29, 1.82) is 0 Å². The highest BCUT2D eigenvalue weighted by atomic mass is 19.3. The zero-order chi connectivity index (χ0) is 15.2. The molecule has 114 valence electrons. The second-order valence-electron chi connectivity index (χ2n) is 4.43. The van der Waals surface area contributed by atoms with Crippen LogP contribution in [0.15, 0.2) is 30.5 Å². The van der Waals surface area contributed by atoms with Crippen LogP contribution in [0, 0.1) is 0 Å². The summed E-state index contributed by atoms with van der Waals surface area (Å²) in [6, 6.07) is 5.97. The molecule has 8 heteroatoms. The Labute approximate surface area is 120 Å². The maximum absolute atomic E-state index is 12.3. The van der Waals surface area contributed by atoms with E-state index in [9.17, 15) is 8.78 Å². The third-order valence-corrected chi connectivity index (χ3v) is 2.96. The number of nitrogens with zero attached hydrogens (tertiary/aromatic N) is 3. The van der Waals surface area contributed by atoms with Gasteiger partial charge in [0.25, 0.3) is 0 Å². The largest absolute Gasteiger partial charge is 0.435 e. The Morgan fingerprint density at radius 3 is 2.90 bits per heavy atom. The summed E-state index contributed by atoms with van der Waals surface area (Å²) in [6.07, 6.45) is 2.49. The van der Waals surface area contributed by atoms with Crippen molar-refractivity contribution in [2.45, 2.75) is 32.5 Å². The first-order valence-electron chi connectivity index (χ1n) is 6.55. The lowest BCUT2D eigenvalue weighted by Crippen LogP contribution is -2.30. The Kier molecular flexibility index (Phi) is 5.18. The summed E-state index contributed by atoms with van der Waals surface area (Å²) in [5, 5.41) is 7.86. The number of halogens is 2. The minimum atomic E-state index is -2.86. The first-order chi connectivity index (χ1) is 10.2. The van der Waals surface area contributed by atoms with Gasteiger partial charge in [0.2, 0.25) is 0 Å². The predicted octanol–water partition coefficient (Wildman–Crippen LogP) is 1.84. The van der Waals surface area contributed by atoms with E-state index >= 15 is 0 Å². The number of aromatic nitrogens is 3. The van der Waals surface area contributed by atoms with Crippen LogP contribution in [-0.4, -0.2) is 21.6 Å². The van der Waals surface area contributed by atoms with Crippen molar-refractivity contribution >= 4 is 0 Å². The lowest BCUT2D eigenvalue weighted by molar-refractivity contribution is -0.0498. The van der Waals surface area contributed by atoms with Crippen LogP contribution >= 0.6 is 0 Å². The number of hydrogen-bond donors (Lipinski definition) is 2. The molecule has 2 aromatic rings. The fourth-order valence-corrected chi connectivity index (χ4v) is 2.10. The fourth-order valence-electron chi connectivity index (χ4n) is 2.10. The molecule has 1 aromatic carbocycles. The average molecular weight is 297 g/mol. The minimum absolute atomic E-state index is 0.0808. The monoisotopic (exact) mass is 297 g/mol. The molecule has 0 radical (unpaired) electrons. The Hall–Kier alpha value is -2.06. The smallest absolute Gasteiger partial charge is 0.387 e. The van der Waals surface area contributed by atoms with Crippen molar-refractivity contribution in [2.24, 2.45) is 5.84 Å². The summed E-state index contributed by atoms with van der Waals surface area (Å²) in [5.74, 6) is 5.69. The number of aryl methyl sites for hydroxylation is 1. The van der Waals surface area contributed by atoms with Crippen LogP contribution in [-0.2, 0) is 6.54 Å². The van der Waals surface area contributed by atoms with E-state index in [1.165, 1.54) is 12.1 Å². The first kappa shape index (κ1) is 15.3. The molecule has 0 aliphatic rings. The van der Waals surface area contributed by atoms with Gasteiger partial charge in [-0.3, -0.25) is 5.84 Å². The van der Waals surface area contributed by atoms with Crippen LogP contribution < -0.4 is 16.0 Å². The summed E-state index contributed by atoms with van der Waals surface area (Å²) in [6.45, 7) is -0.148. The van der Waals surface area contributed by atoms with E-state index < -0.39 is 12.7 Å². The zero-order valence-corrected chi connectivity index (χ0v) is 11.5. The number of benzene rings is 1. The van der Waals surface area contributed by atoms with Crippen molar-refractivity contribution < 1.29 is 13.5 Å². The SMILES string of the molecule is CCCn1nncc1C(NN)c1cccc(OC(F)F)c1. The molecular formula is C13H17F2N5O. The molecule has 6 nitrogen and oxygen atoms in total. The summed E-state index contributed by atoms with van der Waals surface area (Å²) in [4.78, 5) is 0. The molecule has 0 saturated carbocycles. The molecule has 2 rings (SSSR count). The quantitative estimate of drug-likeness (QED) is 0.602. The van der Waals surface area contributed by atoms with Crippen LogP contribution in [0.1, 0.15) is 30.6 Å². The third-order valence-electron chi connectivity index (χ3n) is 2.96. The topological polar surface area (TPSA) is 78.0 Å². The van der Waals surface area contributed by atoms with Gasteiger partial charge in [-0.25, -0.2) is 10.1 Å². The lowest BCUT2D eigenvalue weighted by Gasteiger charge is -2.18. The van der Waals surface area contributed by atoms with Gasteiger partial charge >= 0.3 is 6.61 Å². The Morgan fingerprint density at radius 1 is 1.43 bits per heavy atom. The van der Waals surface area contributed by atoms with Gasteiger partial charge in [0.05, 0.1) is 17.9 Å². The van der Waals surface area contributed by atoms with E-state index in [1.54, 1.807) is 23.0 Å². The van der Waals surface area contributed by atoms with Gasteiger partial charge < -0.3 is 4.74 Å². The van der Waals surface area contributed by atoms with E-state index in [4.69, 9.17) is 5.84 Å². The first-order valence-corrected chi connectivity index (χ1v) is 6.55. The van der Waals surface area contributed by atoms with Gasteiger partial charge in [0, 0.05) is 6.54 Å². The van der Waals surface area contributed by atoms with Crippen LogP contribution in [0.4, 0.5) is 8.78 Å². The Morgan fingerprint density at radius 2 is 2.24 bits per heavy atom. The molecule has 1 atom stereocenters. The molecule has 0 fully saturated rings. The highest BCUT2D eigenvalue weighted by molar-refractivity contribution is 5.34. The van der Waals surface area contributed by atoms with E-state index in [1.807, 2.05) is 6.92 Å². The molecule has 0 spiro atoms. The number of nitrogens with two attached hydrogens (primary N) is 1. The molecule has 3 N–H and O–H groups in total. The normalized spacial score (nSPS) is 12.6. The van der Waals surface area contributed by atoms with Gasteiger partial charge in [-0.1, -0.05) is 24.3 Å². The van der Waals surface area contributed by atoms with Crippen LogP contribution in [0.5, 0.6) is 5.75 Å². The second kappa shape index (κ2) is 7.09. The maximum atomic E-state index is 12.3. The van der Waals surface area contributed by atoms with E-state index in [0.717, 1.165) is 12.1 Å². The maximum Gasteiger partial charge on any atom is 0.387 e. The summed E-state index contributed by atoms with van der Waals surface area (Å²) in [5.41, 5.74) is 4.10. The fraction of sp³-hybridized carbons (Fsp3) is 0.385. The van der Waals surface area contributed by atoms with Crippen LogP contribution in [0.25, 0.3) is 0 Å². The number of nitrogens with one attached hydrogen (secondary N) is 1. The van der Waals surface area contributed by atoms with Crippen LogP contribution in [0.3, 0.4) is 0 Å². The average Bonchev–Trinajstić information content (AvgIpc) is 2.88. The molecule has 0 amide bonds. The minimum Gasteiger partial charge on any atom is -0.435 e. The van der Waals surface area contributed by atoms with E-state index in [2.05, 4.69) is 20.5 Å². The van der Waals surface area contributed by atoms with Gasteiger partial charge in [-0.2, -0.15) is 8.78 Å². The molecule has 0 bridgehead atoms. The Bertz CT molecular complexity index is 575. The molecule has 0 saturated heterocycles. The molecule has 1 unspecified atom stereocenters. The molecule has 0 aliphatic heterocycles. The lowest BCUT2D eigenvalue weighted by atomic mass is 10.0. The predicted molar refractivity (Wildman–Crippen MR) is 72.6 cm³/mol. The van der Waals surface area contributed by atoms with Gasteiger partial charge in [0.1, 0.15) is 5.75 Å². The molecule has 1 aromatic heterocycles. The van der Waals surface area contributed by atoms with E-state index in [0.29, 0.717) is 12.1 Å². The Balaban J connectivity index is 2.30. The number of ether oxygens (including phenoxy) is 1. The molecule has 21 heavy (non-hydrogen) atoms. The zero-order valence-electron chi connectivity index (χ0n) is 11.5. The number of alkyl halides is 2. The van der Waals surface area contributed by atoms with Gasteiger partial charge in [-0.05, 0) is 24.1 Å².